The molecule has 0 spiro atoms. The fourth-order valence-electron chi connectivity index (χ4n) is 8.94. The van der Waals surface area contributed by atoms with Gasteiger partial charge in [-0.1, -0.05) is 61.4 Å². The zero-order valence-corrected chi connectivity index (χ0v) is 39.7. The zero-order valence-electron chi connectivity index (χ0n) is 39.7. The van der Waals surface area contributed by atoms with E-state index >= 15 is 0 Å². The van der Waals surface area contributed by atoms with Gasteiger partial charge in [0.2, 0.25) is 47.3 Å². The van der Waals surface area contributed by atoms with Crippen LogP contribution in [-0.4, -0.2) is 118 Å². The van der Waals surface area contributed by atoms with Gasteiger partial charge in [-0.2, -0.15) is 0 Å². The Bertz CT molecular complexity index is 2470. The third-order valence-corrected chi connectivity index (χ3v) is 12.8. The lowest BCUT2D eigenvalue weighted by Crippen LogP contribution is -2.60. The Morgan fingerprint density at radius 3 is 2.20 bits per heavy atom. The quantitative estimate of drug-likeness (QED) is 0.0375. The van der Waals surface area contributed by atoms with E-state index in [4.69, 9.17) is 16.9 Å². The monoisotopic (exact) mass is 979 g/mol. The molecular weight excluding hydrogens is 913 g/mol. The SMILES string of the molecule is N=C(N)NCCC[C@@H]1NC(=O)[C@@H](CCc2ccccc2)NC(=O)[C@H](Cc2c[nH]cn2)NC(=O)[C@@H](NC(=O)CC2CCCC2)CCC(=O)NCC[C@@H](C(=O)N[C@@H](Cc2c[nH]c3ccccc23)C(N)=O)NC1=O. The van der Waals surface area contributed by atoms with Crippen molar-refractivity contribution in [1.82, 2.24) is 57.5 Å². The number of nitrogens with two attached hydrogens (primary N) is 2. The van der Waals surface area contributed by atoms with Crippen molar-refractivity contribution >= 4 is 64.1 Å². The molecule has 1 saturated carbocycles. The van der Waals surface area contributed by atoms with Gasteiger partial charge in [0, 0.05) is 62.1 Å². The molecule has 0 bridgehead atoms. The highest BCUT2D eigenvalue weighted by molar-refractivity contribution is 5.97. The van der Waals surface area contributed by atoms with E-state index in [9.17, 15) is 38.4 Å². The largest absolute Gasteiger partial charge is 0.370 e. The van der Waals surface area contributed by atoms with Crippen molar-refractivity contribution in [3.8, 4) is 0 Å². The molecule has 2 aromatic carbocycles. The molecule has 3 heterocycles. The lowest BCUT2D eigenvalue weighted by atomic mass is 10.0. The third kappa shape index (κ3) is 16.4. The predicted molar refractivity (Wildman–Crippen MR) is 262 cm³/mol. The number of guanidine groups is 1. The number of aromatic nitrogens is 3. The number of carbonyl (C=O) groups is 8. The minimum absolute atomic E-state index is 0.00884. The van der Waals surface area contributed by atoms with Gasteiger partial charge in [0.1, 0.15) is 36.3 Å². The highest BCUT2D eigenvalue weighted by atomic mass is 16.2. The van der Waals surface area contributed by atoms with Crippen LogP contribution >= 0.6 is 0 Å². The van der Waals surface area contributed by atoms with E-state index in [1.807, 2.05) is 54.6 Å². The zero-order chi connectivity index (χ0) is 50.7. The molecule has 1 aliphatic carbocycles. The van der Waals surface area contributed by atoms with Gasteiger partial charge in [0.15, 0.2) is 5.96 Å². The minimum Gasteiger partial charge on any atom is -0.370 e. The van der Waals surface area contributed by atoms with Crippen LogP contribution < -0.4 is 54.0 Å². The fraction of sp³-hybridized carbons (Fsp3) is 0.469. The van der Waals surface area contributed by atoms with Crippen LogP contribution in [0.3, 0.4) is 0 Å². The van der Waals surface area contributed by atoms with Crippen molar-refractivity contribution in [2.75, 3.05) is 13.1 Å². The first-order valence-electron chi connectivity index (χ1n) is 24.2. The third-order valence-electron chi connectivity index (χ3n) is 12.8. The summed E-state index contributed by atoms with van der Waals surface area (Å²) in [5.74, 6) is -5.78. The van der Waals surface area contributed by atoms with Crippen LogP contribution in [0.5, 0.6) is 0 Å². The minimum atomic E-state index is -1.39. The number of hydrogen-bond acceptors (Lipinski definition) is 10. The molecule has 22 nitrogen and oxygen atoms in total. The maximum atomic E-state index is 14.5. The smallest absolute Gasteiger partial charge is 0.243 e. The van der Waals surface area contributed by atoms with Gasteiger partial charge < -0.3 is 64.0 Å². The molecule has 2 aliphatic rings. The van der Waals surface area contributed by atoms with Gasteiger partial charge in [0.05, 0.1) is 12.0 Å². The Hall–Kier alpha value is -7.78. The first kappa shape index (κ1) is 52.6. The number of para-hydroxylation sites is 1. The van der Waals surface area contributed by atoms with E-state index in [-0.39, 0.29) is 88.7 Å². The Morgan fingerprint density at radius 2 is 1.48 bits per heavy atom. The Labute approximate surface area is 411 Å². The number of rotatable bonds is 17. The summed E-state index contributed by atoms with van der Waals surface area (Å²) in [6.07, 6.45) is 8.42. The number of primary amides is 1. The van der Waals surface area contributed by atoms with Crippen molar-refractivity contribution < 1.29 is 38.4 Å². The number of nitrogens with one attached hydrogen (secondary N) is 11. The highest BCUT2D eigenvalue weighted by Crippen LogP contribution is 2.27. The second-order valence-electron chi connectivity index (χ2n) is 18.2. The van der Waals surface area contributed by atoms with Crippen LogP contribution in [0, 0.1) is 11.3 Å². The summed E-state index contributed by atoms with van der Waals surface area (Å²) >= 11 is 0. The van der Waals surface area contributed by atoms with Crippen LogP contribution in [0.2, 0.25) is 0 Å². The number of imidazole rings is 1. The van der Waals surface area contributed by atoms with Gasteiger partial charge in [0.25, 0.3) is 0 Å². The summed E-state index contributed by atoms with van der Waals surface area (Å²) in [5.41, 5.74) is 14.1. The average molecular weight is 979 g/mol. The number of fused-ring (bicyclic) bond motifs is 1. The number of aromatic amines is 2. The average Bonchev–Trinajstić information content (AvgIpc) is 4.15. The molecular formula is C49H66N14O8. The first-order valence-corrected chi connectivity index (χ1v) is 24.2. The van der Waals surface area contributed by atoms with E-state index in [2.05, 4.69) is 57.5 Å². The Morgan fingerprint density at radius 1 is 0.789 bits per heavy atom. The molecule has 2 fully saturated rings. The summed E-state index contributed by atoms with van der Waals surface area (Å²) in [6.45, 7) is -0.0269. The molecule has 1 aliphatic heterocycles. The van der Waals surface area contributed by atoms with Gasteiger partial charge in [-0.3, -0.25) is 43.8 Å². The van der Waals surface area contributed by atoms with Crippen molar-refractivity contribution in [3.63, 3.8) is 0 Å². The summed E-state index contributed by atoms with van der Waals surface area (Å²) < 4.78 is 0. The number of hydrogen-bond donors (Lipinski definition) is 13. The highest BCUT2D eigenvalue weighted by Gasteiger charge is 2.34. The van der Waals surface area contributed by atoms with Crippen LogP contribution in [-0.2, 0) is 57.6 Å². The summed E-state index contributed by atoms with van der Waals surface area (Å²) in [5, 5.41) is 30.3. The number of H-pyrrole nitrogens is 2. The lowest BCUT2D eigenvalue weighted by molar-refractivity contribution is -0.135. The van der Waals surface area contributed by atoms with Crippen LogP contribution in [0.4, 0.5) is 0 Å². The van der Waals surface area contributed by atoms with Gasteiger partial charge in [-0.05, 0) is 74.5 Å². The van der Waals surface area contributed by atoms with E-state index < -0.39 is 77.6 Å². The molecule has 0 unspecified atom stereocenters. The Balaban J connectivity index is 1.31. The van der Waals surface area contributed by atoms with E-state index in [1.54, 1.807) is 12.4 Å². The fourth-order valence-corrected chi connectivity index (χ4v) is 8.94. The number of aryl methyl sites for hydroxylation is 1. The van der Waals surface area contributed by atoms with Gasteiger partial charge in [-0.25, -0.2) is 4.98 Å². The number of benzene rings is 2. The van der Waals surface area contributed by atoms with Crippen molar-refractivity contribution in [2.45, 2.75) is 126 Å². The second-order valence-corrected chi connectivity index (χ2v) is 18.2. The molecule has 0 radical (unpaired) electrons. The molecule has 1 saturated heterocycles. The number of amides is 8. The van der Waals surface area contributed by atoms with E-state index in [0.717, 1.165) is 42.1 Å². The molecule has 8 amide bonds. The molecule has 71 heavy (non-hydrogen) atoms. The van der Waals surface area contributed by atoms with Gasteiger partial charge in [-0.15, -0.1) is 0 Å². The molecule has 6 rings (SSSR count). The molecule has 22 heteroatoms. The molecule has 6 atom stereocenters. The van der Waals surface area contributed by atoms with Gasteiger partial charge >= 0.3 is 0 Å². The first-order chi connectivity index (χ1) is 34.2. The summed E-state index contributed by atoms with van der Waals surface area (Å²) in [7, 11) is 0. The maximum absolute atomic E-state index is 14.5. The summed E-state index contributed by atoms with van der Waals surface area (Å²) in [4.78, 5) is 122. The normalized spacial score (nSPS) is 21.5. The van der Waals surface area contributed by atoms with Crippen LogP contribution in [0.25, 0.3) is 10.9 Å². The van der Waals surface area contributed by atoms with Crippen molar-refractivity contribution in [1.29, 1.82) is 5.41 Å². The van der Waals surface area contributed by atoms with Crippen LogP contribution in [0.1, 0.15) is 87.4 Å². The van der Waals surface area contributed by atoms with E-state index in [1.165, 1.54) is 6.33 Å². The Kier molecular flexibility index (Phi) is 19.5. The lowest BCUT2D eigenvalue weighted by Gasteiger charge is -2.27. The molecule has 4 aromatic rings. The summed E-state index contributed by atoms with van der Waals surface area (Å²) in [6, 6.07) is 8.81. The van der Waals surface area contributed by atoms with Crippen molar-refractivity contribution in [3.05, 3.63) is 90.1 Å². The van der Waals surface area contributed by atoms with Crippen molar-refractivity contribution in [2.24, 2.45) is 17.4 Å². The molecule has 380 valence electrons. The standard InChI is InChI=1S/C49H66N14O8/c50-43(66)39(24-31-26-56-34-14-7-6-13-33(31)34)62-47(70)38-20-22-54-41(64)19-18-36(58-42(65)23-30-11-4-5-12-30)45(68)63-40(25-32-27-53-28-57-32)48(71)60-37(17-16-29-9-2-1-3-10-29)46(69)59-35(44(67)61-38)15-8-21-55-49(51)52/h1-3,6-7,9-10,13-14,26-28,30,35-40,56H,4-5,8,11-12,15-25H2,(H2,50,66)(H,53,57)(H,54,64)(H,58,65)(H,59,69)(H,60,71)(H,61,67)(H,62,70)(H,63,68)(H4,51,52,55)/t35-,36-,37+,38-,39-,40-/m0/s1. The number of nitrogens with zero attached hydrogens (tertiary/aromatic N) is 1. The topological polar surface area (TPSA) is 353 Å². The van der Waals surface area contributed by atoms with Crippen LogP contribution in [0.15, 0.2) is 73.3 Å². The molecule has 2 aromatic heterocycles. The second kappa shape index (κ2) is 26.3. The van der Waals surface area contributed by atoms with E-state index in [0.29, 0.717) is 17.7 Å². The maximum Gasteiger partial charge on any atom is 0.243 e. The number of carbonyl (C=O) groups excluding carboxylic acids is 8. The predicted octanol–water partition coefficient (Wildman–Crippen LogP) is -0.153. The molecule has 15 N–H and O–H groups in total.